The van der Waals surface area contributed by atoms with Gasteiger partial charge in [0.05, 0.1) is 12.6 Å². The van der Waals surface area contributed by atoms with E-state index in [4.69, 9.17) is 0 Å². The molecule has 2 amide bonds. The number of nitrogens with one attached hydrogen (secondary N) is 2. The summed E-state index contributed by atoms with van der Waals surface area (Å²) in [4.78, 5) is 14.7. The van der Waals surface area contributed by atoms with E-state index in [0.29, 0.717) is 19.4 Å². The summed E-state index contributed by atoms with van der Waals surface area (Å²) in [5.41, 5.74) is -0.953. The van der Waals surface area contributed by atoms with Gasteiger partial charge in [0, 0.05) is 11.9 Å². The number of carbonyl (C=O) groups excluding carboxylic acids is 1. The fourth-order valence-corrected chi connectivity index (χ4v) is 2.04. The summed E-state index contributed by atoms with van der Waals surface area (Å²) in [5.74, 6) is 0. The number of alkyl halides is 3. The van der Waals surface area contributed by atoms with Gasteiger partial charge in [-0.05, 0) is 12.8 Å². The predicted molar refractivity (Wildman–Crippen MR) is 68.3 cm³/mol. The maximum absolute atomic E-state index is 12.3. The van der Waals surface area contributed by atoms with Crippen LogP contribution in [0.3, 0.4) is 0 Å². The normalized spacial score (nSPS) is 13.1. The lowest BCUT2D eigenvalue weighted by Crippen LogP contribution is -2.36. The van der Waals surface area contributed by atoms with Crippen LogP contribution in [-0.2, 0) is 12.7 Å². The van der Waals surface area contributed by atoms with E-state index in [2.05, 4.69) is 15.6 Å². The zero-order chi connectivity index (χ0) is 15.2. The highest BCUT2D eigenvalue weighted by atomic mass is 32.1. The molecule has 1 aromatic rings. The van der Waals surface area contributed by atoms with Gasteiger partial charge in [-0.1, -0.05) is 6.92 Å². The number of nitrogens with zero attached hydrogens (tertiary/aromatic N) is 1. The van der Waals surface area contributed by atoms with Gasteiger partial charge in [0.2, 0.25) is 0 Å². The minimum absolute atomic E-state index is 0.0666. The number of hydrogen-bond acceptors (Lipinski definition) is 4. The summed E-state index contributed by atoms with van der Waals surface area (Å²) >= 11 is 0.837. The van der Waals surface area contributed by atoms with Crippen molar-refractivity contribution in [1.82, 2.24) is 15.6 Å². The molecular formula is C11H16F3N3O2S. The second kappa shape index (κ2) is 7.44. The molecule has 0 aliphatic heterocycles. The molecule has 1 atom stereocenters. The Bertz CT molecular complexity index is 437. The smallest absolute Gasteiger partial charge is 0.393 e. The third-order valence-electron chi connectivity index (χ3n) is 2.48. The SMILES string of the molecule is CCC(O)CCNC(=O)NCc1nc(C(F)(F)F)cs1. The van der Waals surface area contributed by atoms with E-state index in [9.17, 15) is 23.1 Å². The van der Waals surface area contributed by atoms with Gasteiger partial charge in [0.15, 0.2) is 5.69 Å². The standard InChI is InChI=1S/C11H16F3N3O2S/c1-2-7(18)3-4-15-10(19)16-5-9-17-8(6-20-9)11(12,13)14/h6-7,18H,2-5H2,1H3,(H2,15,16,19). The second-order valence-corrected chi connectivity index (χ2v) is 5.03. The van der Waals surface area contributed by atoms with Crippen LogP contribution in [0, 0.1) is 0 Å². The van der Waals surface area contributed by atoms with Gasteiger partial charge in [0.25, 0.3) is 0 Å². The third-order valence-corrected chi connectivity index (χ3v) is 3.33. The first-order chi connectivity index (χ1) is 9.32. The molecule has 3 N–H and O–H groups in total. The summed E-state index contributed by atoms with van der Waals surface area (Å²) < 4.78 is 36.9. The highest BCUT2D eigenvalue weighted by Crippen LogP contribution is 2.29. The lowest BCUT2D eigenvalue weighted by molar-refractivity contribution is -0.140. The van der Waals surface area contributed by atoms with Crippen LogP contribution in [0.25, 0.3) is 0 Å². The minimum Gasteiger partial charge on any atom is -0.393 e. The molecule has 0 radical (unpaired) electrons. The molecule has 0 aromatic carbocycles. The molecule has 9 heteroatoms. The highest BCUT2D eigenvalue weighted by Gasteiger charge is 2.33. The molecule has 0 saturated heterocycles. The van der Waals surface area contributed by atoms with E-state index >= 15 is 0 Å². The van der Waals surface area contributed by atoms with Gasteiger partial charge in [-0.2, -0.15) is 13.2 Å². The van der Waals surface area contributed by atoms with Crippen LogP contribution in [0.5, 0.6) is 0 Å². The lowest BCUT2D eigenvalue weighted by Gasteiger charge is -2.09. The molecule has 1 rings (SSSR count). The molecule has 20 heavy (non-hydrogen) atoms. The first-order valence-electron chi connectivity index (χ1n) is 6.04. The number of amides is 2. The minimum atomic E-state index is -4.46. The number of thiazole rings is 1. The molecule has 0 bridgehead atoms. The average Bonchev–Trinajstić information content (AvgIpc) is 2.84. The summed E-state index contributed by atoms with van der Waals surface area (Å²) in [7, 11) is 0. The van der Waals surface area contributed by atoms with Crippen molar-refractivity contribution >= 4 is 17.4 Å². The van der Waals surface area contributed by atoms with Crippen molar-refractivity contribution in [2.24, 2.45) is 0 Å². The fourth-order valence-electron chi connectivity index (χ4n) is 1.30. The number of aliphatic hydroxyl groups is 1. The largest absolute Gasteiger partial charge is 0.434 e. The zero-order valence-corrected chi connectivity index (χ0v) is 11.6. The van der Waals surface area contributed by atoms with Crippen molar-refractivity contribution in [3.8, 4) is 0 Å². The Hall–Kier alpha value is -1.35. The molecule has 114 valence electrons. The van der Waals surface area contributed by atoms with Gasteiger partial charge < -0.3 is 15.7 Å². The Labute approximate surface area is 118 Å². The van der Waals surface area contributed by atoms with Crippen LogP contribution >= 0.6 is 11.3 Å². The van der Waals surface area contributed by atoms with Gasteiger partial charge in [-0.15, -0.1) is 11.3 Å². The Morgan fingerprint density at radius 3 is 2.75 bits per heavy atom. The molecule has 1 aromatic heterocycles. The predicted octanol–water partition coefficient (Wildman–Crippen LogP) is 2.12. The third kappa shape index (κ3) is 5.74. The first kappa shape index (κ1) is 16.7. The summed E-state index contributed by atoms with van der Waals surface area (Å²) in [6.45, 7) is 2.06. The zero-order valence-electron chi connectivity index (χ0n) is 10.8. The number of halogens is 3. The number of urea groups is 1. The maximum Gasteiger partial charge on any atom is 0.434 e. The maximum atomic E-state index is 12.3. The van der Waals surface area contributed by atoms with Crippen molar-refractivity contribution in [3.05, 3.63) is 16.1 Å². The van der Waals surface area contributed by atoms with E-state index in [1.807, 2.05) is 6.92 Å². The van der Waals surface area contributed by atoms with Crippen molar-refractivity contribution in [1.29, 1.82) is 0 Å². The fraction of sp³-hybridized carbons (Fsp3) is 0.636. The van der Waals surface area contributed by atoms with Crippen LogP contribution < -0.4 is 10.6 Å². The molecule has 0 aliphatic carbocycles. The first-order valence-corrected chi connectivity index (χ1v) is 6.92. The Morgan fingerprint density at radius 1 is 1.50 bits per heavy atom. The Kier molecular flexibility index (Phi) is 6.21. The van der Waals surface area contributed by atoms with Crippen molar-refractivity contribution in [3.63, 3.8) is 0 Å². The number of hydrogen-bond donors (Lipinski definition) is 3. The van der Waals surface area contributed by atoms with E-state index < -0.39 is 24.0 Å². The molecule has 0 aliphatic rings. The van der Waals surface area contributed by atoms with Gasteiger partial charge in [-0.25, -0.2) is 9.78 Å². The molecule has 5 nitrogen and oxygen atoms in total. The van der Waals surface area contributed by atoms with Crippen molar-refractivity contribution in [2.75, 3.05) is 6.54 Å². The van der Waals surface area contributed by atoms with Crippen LogP contribution in [-0.4, -0.2) is 28.8 Å². The van der Waals surface area contributed by atoms with Crippen molar-refractivity contribution in [2.45, 2.75) is 38.6 Å². The summed E-state index contributed by atoms with van der Waals surface area (Å²) in [6, 6.07) is -0.503. The van der Waals surface area contributed by atoms with Crippen molar-refractivity contribution < 1.29 is 23.1 Å². The number of aliphatic hydroxyl groups excluding tert-OH is 1. The molecule has 1 heterocycles. The van der Waals surface area contributed by atoms with Gasteiger partial charge in [-0.3, -0.25) is 0 Å². The molecule has 1 unspecified atom stereocenters. The summed E-state index contributed by atoms with van der Waals surface area (Å²) in [6.07, 6.45) is -3.90. The number of carbonyl (C=O) groups is 1. The Balaban J connectivity index is 2.29. The van der Waals surface area contributed by atoms with Gasteiger partial charge >= 0.3 is 12.2 Å². The monoisotopic (exact) mass is 311 g/mol. The van der Waals surface area contributed by atoms with Crippen LogP contribution in [0.15, 0.2) is 5.38 Å². The van der Waals surface area contributed by atoms with E-state index in [-0.39, 0.29) is 11.6 Å². The average molecular weight is 311 g/mol. The molecular weight excluding hydrogens is 295 g/mol. The topological polar surface area (TPSA) is 74.2 Å². The van der Waals surface area contributed by atoms with Gasteiger partial charge in [0.1, 0.15) is 5.01 Å². The van der Waals surface area contributed by atoms with Crippen LogP contribution in [0.1, 0.15) is 30.5 Å². The second-order valence-electron chi connectivity index (χ2n) is 4.08. The highest BCUT2D eigenvalue weighted by molar-refractivity contribution is 7.09. The summed E-state index contributed by atoms with van der Waals surface area (Å²) in [5, 5.41) is 15.3. The lowest BCUT2D eigenvalue weighted by atomic mass is 10.2. The molecule has 0 saturated carbocycles. The number of aromatic nitrogens is 1. The molecule has 0 fully saturated rings. The number of rotatable bonds is 6. The Morgan fingerprint density at radius 2 is 2.20 bits per heavy atom. The quantitative estimate of drug-likeness (QED) is 0.753. The van der Waals surface area contributed by atoms with Crippen LogP contribution in [0.4, 0.5) is 18.0 Å². The van der Waals surface area contributed by atoms with E-state index in [1.165, 1.54) is 0 Å². The molecule has 0 spiro atoms. The van der Waals surface area contributed by atoms with E-state index in [0.717, 1.165) is 16.7 Å². The van der Waals surface area contributed by atoms with E-state index in [1.54, 1.807) is 0 Å². The van der Waals surface area contributed by atoms with Crippen LogP contribution in [0.2, 0.25) is 0 Å².